The van der Waals surface area contributed by atoms with Gasteiger partial charge in [-0.2, -0.15) is 0 Å². The second-order valence-electron chi connectivity index (χ2n) is 4.02. The standard InChI is InChI=1S/C16H20O3/c1-3-5-13-19-16(17)11-8-14-6-9-15(10-7-14)18-12-4-2/h4,6-11H,2-3,5,12-13H2,1H3. The molecule has 0 atom stereocenters. The number of carbonyl (C=O) groups excluding carboxylic acids is 1. The van der Waals surface area contributed by atoms with E-state index in [0.717, 1.165) is 24.2 Å². The summed E-state index contributed by atoms with van der Waals surface area (Å²) in [6.07, 6.45) is 6.78. The minimum Gasteiger partial charge on any atom is -0.490 e. The van der Waals surface area contributed by atoms with Gasteiger partial charge in [0.1, 0.15) is 12.4 Å². The lowest BCUT2D eigenvalue weighted by Gasteiger charge is -2.03. The highest BCUT2D eigenvalue weighted by Crippen LogP contribution is 2.13. The molecule has 102 valence electrons. The normalized spacial score (nSPS) is 10.4. The van der Waals surface area contributed by atoms with Crippen molar-refractivity contribution in [3.05, 3.63) is 48.6 Å². The van der Waals surface area contributed by atoms with Crippen LogP contribution in [0.1, 0.15) is 25.3 Å². The van der Waals surface area contributed by atoms with Crippen LogP contribution in [0.5, 0.6) is 5.75 Å². The van der Waals surface area contributed by atoms with E-state index >= 15 is 0 Å². The minimum absolute atomic E-state index is 0.305. The number of hydrogen-bond acceptors (Lipinski definition) is 3. The zero-order valence-electron chi connectivity index (χ0n) is 11.3. The van der Waals surface area contributed by atoms with Gasteiger partial charge in [-0.1, -0.05) is 38.1 Å². The molecule has 0 bridgehead atoms. The Kier molecular flexibility index (Phi) is 7.10. The van der Waals surface area contributed by atoms with Gasteiger partial charge >= 0.3 is 5.97 Å². The molecule has 0 aliphatic heterocycles. The van der Waals surface area contributed by atoms with Gasteiger partial charge in [0, 0.05) is 6.08 Å². The lowest BCUT2D eigenvalue weighted by Crippen LogP contribution is -2.01. The number of carbonyl (C=O) groups is 1. The van der Waals surface area contributed by atoms with Gasteiger partial charge in [-0.3, -0.25) is 0 Å². The lowest BCUT2D eigenvalue weighted by atomic mass is 10.2. The van der Waals surface area contributed by atoms with Crippen LogP contribution in [0.25, 0.3) is 6.08 Å². The molecule has 0 aromatic heterocycles. The Hall–Kier alpha value is -2.03. The molecular formula is C16H20O3. The maximum Gasteiger partial charge on any atom is 0.330 e. The molecule has 0 unspecified atom stereocenters. The Morgan fingerprint density at radius 3 is 2.68 bits per heavy atom. The summed E-state index contributed by atoms with van der Waals surface area (Å²) in [5.74, 6) is 0.475. The summed E-state index contributed by atoms with van der Waals surface area (Å²) >= 11 is 0. The first-order valence-electron chi connectivity index (χ1n) is 6.45. The fourth-order valence-electron chi connectivity index (χ4n) is 1.36. The zero-order chi connectivity index (χ0) is 13.9. The number of benzene rings is 1. The van der Waals surface area contributed by atoms with Gasteiger partial charge in [0.15, 0.2) is 0 Å². The maximum atomic E-state index is 11.4. The van der Waals surface area contributed by atoms with E-state index in [1.807, 2.05) is 24.3 Å². The van der Waals surface area contributed by atoms with Gasteiger partial charge in [-0.15, -0.1) is 0 Å². The van der Waals surface area contributed by atoms with Crippen molar-refractivity contribution in [2.45, 2.75) is 19.8 Å². The van der Waals surface area contributed by atoms with Crippen molar-refractivity contribution in [3.63, 3.8) is 0 Å². The van der Waals surface area contributed by atoms with Crippen molar-refractivity contribution in [3.8, 4) is 5.75 Å². The largest absolute Gasteiger partial charge is 0.490 e. The predicted octanol–water partition coefficient (Wildman–Crippen LogP) is 3.61. The van der Waals surface area contributed by atoms with E-state index < -0.39 is 0 Å². The maximum absolute atomic E-state index is 11.4. The molecule has 0 saturated carbocycles. The quantitative estimate of drug-likeness (QED) is 0.310. The van der Waals surface area contributed by atoms with Crippen LogP contribution in [0.3, 0.4) is 0 Å². The molecule has 0 N–H and O–H groups in total. The second kappa shape index (κ2) is 8.97. The second-order valence-corrected chi connectivity index (χ2v) is 4.02. The van der Waals surface area contributed by atoms with Gasteiger partial charge in [-0.05, 0) is 30.2 Å². The third-order valence-electron chi connectivity index (χ3n) is 2.40. The first kappa shape index (κ1) is 15.0. The molecule has 1 aromatic rings. The van der Waals surface area contributed by atoms with Crippen LogP contribution in [0.4, 0.5) is 0 Å². The number of rotatable bonds is 8. The average Bonchev–Trinajstić information content (AvgIpc) is 2.44. The smallest absolute Gasteiger partial charge is 0.330 e. The molecule has 0 amide bonds. The molecule has 0 aliphatic rings. The summed E-state index contributed by atoms with van der Waals surface area (Å²) in [6, 6.07) is 7.47. The van der Waals surface area contributed by atoms with Gasteiger partial charge in [0.2, 0.25) is 0 Å². The van der Waals surface area contributed by atoms with Crippen LogP contribution in [-0.2, 0) is 9.53 Å². The van der Waals surface area contributed by atoms with Crippen LogP contribution >= 0.6 is 0 Å². The van der Waals surface area contributed by atoms with E-state index in [1.165, 1.54) is 6.08 Å². The van der Waals surface area contributed by atoms with Crippen LogP contribution in [0, 0.1) is 0 Å². The monoisotopic (exact) mass is 260 g/mol. The highest BCUT2D eigenvalue weighted by atomic mass is 16.5. The molecule has 0 heterocycles. The Morgan fingerprint density at radius 1 is 1.32 bits per heavy atom. The molecule has 0 saturated heterocycles. The summed E-state index contributed by atoms with van der Waals surface area (Å²) in [5.41, 5.74) is 0.929. The number of hydrogen-bond donors (Lipinski definition) is 0. The fourth-order valence-corrected chi connectivity index (χ4v) is 1.36. The SMILES string of the molecule is C=CCOc1ccc(C=CC(=O)OCCCC)cc1. The summed E-state index contributed by atoms with van der Waals surface area (Å²) in [4.78, 5) is 11.4. The molecule has 3 nitrogen and oxygen atoms in total. The van der Waals surface area contributed by atoms with Crippen LogP contribution in [0.15, 0.2) is 43.0 Å². The van der Waals surface area contributed by atoms with E-state index in [0.29, 0.717) is 13.2 Å². The van der Waals surface area contributed by atoms with Crippen LogP contribution in [-0.4, -0.2) is 19.2 Å². The third-order valence-corrected chi connectivity index (χ3v) is 2.40. The van der Waals surface area contributed by atoms with Gasteiger partial charge in [-0.25, -0.2) is 4.79 Å². The summed E-state index contributed by atoms with van der Waals surface area (Å²) in [6.45, 7) is 6.61. The number of ether oxygens (including phenoxy) is 2. The average molecular weight is 260 g/mol. The fraction of sp³-hybridized carbons (Fsp3) is 0.312. The highest BCUT2D eigenvalue weighted by molar-refractivity contribution is 5.87. The van der Waals surface area contributed by atoms with Gasteiger partial charge in [0.05, 0.1) is 6.61 Å². The Bertz CT molecular complexity index is 418. The molecule has 3 heteroatoms. The predicted molar refractivity (Wildman–Crippen MR) is 77.0 cm³/mol. The van der Waals surface area contributed by atoms with Crippen molar-refractivity contribution in [1.82, 2.24) is 0 Å². The Morgan fingerprint density at radius 2 is 2.05 bits per heavy atom. The topological polar surface area (TPSA) is 35.5 Å². The Balaban J connectivity index is 2.43. The molecule has 0 aliphatic carbocycles. The minimum atomic E-state index is -0.305. The summed E-state index contributed by atoms with van der Waals surface area (Å²) in [5, 5.41) is 0. The van der Waals surface area contributed by atoms with E-state index in [4.69, 9.17) is 9.47 Å². The van der Waals surface area contributed by atoms with Crippen LogP contribution in [0.2, 0.25) is 0 Å². The van der Waals surface area contributed by atoms with E-state index in [9.17, 15) is 4.79 Å². The Labute approximate surface area is 114 Å². The zero-order valence-corrected chi connectivity index (χ0v) is 11.3. The molecule has 0 radical (unpaired) electrons. The third kappa shape index (κ3) is 6.46. The van der Waals surface area contributed by atoms with Crippen LogP contribution < -0.4 is 4.74 Å². The van der Waals surface area contributed by atoms with Crippen molar-refractivity contribution in [2.75, 3.05) is 13.2 Å². The van der Waals surface area contributed by atoms with Gasteiger partial charge in [0.25, 0.3) is 0 Å². The molecule has 0 spiro atoms. The molecule has 1 aromatic carbocycles. The first-order chi connectivity index (χ1) is 9.26. The number of unbranched alkanes of at least 4 members (excludes halogenated alkanes) is 1. The van der Waals surface area contributed by atoms with Crippen molar-refractivity contribution >= 4 is 12.0 Å². The molecular weight excluding hydrogens is 240 g/mol. The van der Waals surface area contributed by atoms with E-state index in [1.54, 1.807) is 12.2 Å². The number of esters is 1. The summed E-state index contributed by atoms with van der Waals surface area (Å²) in [7, 11) is 0. The van der Waals surface area contributed by atoms with E-state index in [2.05, 4.69) is 13.5 Å². The van der Waals surface area contributed by atoms with Crippen molar-refractivity contribution < 1.29 is 14.3 Å². The highest BCUT2D eigenvalue weighted by Gasteiger charge is 1.96. The lowest BCUT2D eigenvalue weighted by molar-refractivity contribution is -0.137. The first-order valence-corrected chi connectivity index (χ1v) is 6.45. The van der Waals surface area contributed by atoms with Gasteiger partial charge < -0.3 is 9.47 Å². The molecule has 19 heavy (non-hydrogen) atoms. The molecule has 1 rings (SSSR count). The van der Waals surface area contributed by atoms with Crippen molar-refractivity contribution in [2.24, 2.45) is 0 Å². The van der Waals surface area contributed by atoms with E-state index in [-0.39, 0.29) is 5.97 Å². The molecule has 0 fully saturated rings. The van der Waals surface area contributed by atoms with Crippen molar-refractivity contribution in [1.29, 1.82) is 0 Å². The summed E-state index contributed by atoms with van der Waals surface area (Å²) < 4.78 is 10.4.